The van der Waals surface area contributed by atoms with Crippen molar-refractivity contribution in [3.05, 3.63) is 125 Å². The number of allylic oxidation sites excluding steroid dienone is 2. The van der Waals surface area contributed by atoms with Crippen molar-refractivity contribution >= 4 is 28.3 Å². The summed E-state index contributed by atoms with van der Waals surface area (Å²) >= 11 is 0. The summed E-state index contributed by atoms with van der Waals surface area (Å²) in [7, 11) is 10.8. The first kappa shape index (κ1) is 52.9. The molecule has 5 aromatic rings. The van der Waals surface area contributed by atoms with E-state index in [0.29, 0.717) is 32.1 Å². The molecule has 22 atom stereocenters. The lowest BCUT2D eigenvalue weighted by molar-refractivity contribution is -0.279. The molecule has 0 aromatic heterocycles. The zero-order valence-electron chi connectivity index (χ0n) is 49.4. The number of anilines is 1. The molecule has 17 rings (SSSR count). The van der Waals surface area contributed by atoms with Gasteiger partial charge >= 0.3 is 0 Å². The third-order valence-electron chi connectivity index (χ3n) is 26.0. The lowest BCUT2D eigenvalue weighted by Crippen LogP contribution is -2.80. The summed E-state index contributed by atoms with van der Waals surface area (Å²) in [5.74, 6) is 1.14. The summed E-state index contributed by atoms with van der Waals surface area (Å²) in [6.45, 7) is 3.82. The van der Waals surface area contributed by atoms with Gasteiger partial charge in [-0.05, 0) is 172 Å². The Hall–Kier alpha value is -6.42. The first-order valence-corrected chi connectivity index (χ1v) is 31.3. The van der Waals surface area contributed by atoms with Gasteiger partial charge in [-0.1, -0.05) is 79.7 Å². The molecule has 5 aliphatic heterocycles. The summed E-state index contributed by atoms with van der Waals surface area (Å²) in [6, 6.07) is 38.3. The van der Waals surface area contributed by atoms with Crippen molar-refractivity contribution in [1.82, 2.24) is 0 Å². The van der Waals surface area contributed by atoms with Gasteiger partial charge in [0.25, 0.3) is 0 Å². The van der Waals surface area contributed by atoms with E-state index in [1.54, 1.807) is 33.3 Å². The van der Waals surface area contributed by atoms with Crippen molar-refractivity contribution in [2.24, 2.45) is 92.7 Å². The van der Waals surface area contributed by atoms with Gasteiger partial charge in [0.2, 0.25) is 11.8 Å². The molecule has 85 heavy (non-hydrogen) atoms. The number of hydrogen-bond donors (Lipinski definition) is 0. The standard InChI is InChI=1S/C72H73N3O10/c1-8-35-19-21-39(22-20-35)75-67(76)71-63-55-44(31-78-2)42-27-43(54-41-24-23-40(53(42)54)50(41)38(29-73)30-74)45(32-79-3)56(55)64(84-63)72(71,68(75)77)66-62-61(65(71)85-66)69(33-80-4)46-28-47(70(62,69)34-81-5)58-52(37-17-13-10-14-18-37)60-49(83-7)26-25-48(82-6)59(60)51(57(46)58)36-15-11-9-12-16-36/h9-22,25-26,40-47,53-56,61-66H,8,23-24,27-28,31-34H2,1-7H3. The SMILES string of the molecule is CCc1ccc(N2C(=O)C34C5OC(C6C(COC)C7CC(C(COC)C65)C5C6CCC(C6=C(C#N)C#N)C75)C3(C2=O)C2OC4C3C2C2(COC)C4CC(c5c4c(-c4ccccc4)c4c(OC)ccc(OC)c4c5-c4ccccc4)C32COC)cc1. The number of ether oxygens (including phenoxy) is 8. The molecular weight excluding hydrogens is 1070 g/mol. The Labute approximate surface area is 496 Å². The van der Waals surface area contributed by atoms with Gasteiger partial charge in [0.15, 0.2) is 0 Å². The van der Waals surface area contributed by atoms with Crippen LogP contribution in [0.3, 0.4) is 0 Å². The van der Waals surface area contributed by atoms with Crippen LogP contribution in [0.4, 0.5) is 5.69 Å². The smallest absolute Gasteiger partial charge is 0.246 e. The van der Waals surface area contributed by atoms with E-state index in [1.807, 2.05) is 38.5 Å². The van der Waals surface area contributed by atoms with Gasteiger partial charge in [-0.2, -0.15) is 10.5 Å². The average Bonchev–Trinajstić information content (AvgIpc) is 1.42. The van der Waals surface area contributed by atoms with E-state index in [-0.39, 0.29) is 100 Å². The first-order valence-electron chi connectivity index (χ1n) is 31.3. The third kappa shape index (κ3) is 5.67. The van der Waals surface area contributed by atoms with Crippen molar-refractivity contribution in [2.45, 2.75) is 75.3 Å². The number of methoxy groups -OCH3 is 6. The van der Waals surface area contributed by atoms with Crippen LogP contribution in [-0.4, -0.2) is 105 Å². The molecule has 11 fully saturated rings. The summed E-state index contributed by atoms with van der Waals surface area (Å²) < 4.78 is 55.4. The third-order valence-corrected chi connectivity index (χ3v) is 26.0. The highest BCUT2D eigenvalue weighted by Crippen LogP contribution is 2.94. The van der Waals surface area contributed by atoms with Crippen LogP contribution in [0.25, 0.3) is 33.0 Å². The van der Waals surface area contributed by atoms with Crippen molar-refractivity contribution in [3.8, 4) is 45.9 Å². The number of benzene rings is 5. The Morgan fingerprint density at radius 3 is 1.45 bits per heavy atom. The topological polar surface area (TPSA) is 159 Å². The molecular formula is C72H73N3O10. The van der Waals surface area contributed by atoms with Gasteiger partial charge in [0.1, 0.15) is 40.0 Å². The number of nitriles is 2. The second-order valence-electron chi connectivity index (χ2n) is 27.5. The second-order valence-corrected chi connectivity index (χ2v) is 27.5. The predicted octanol–water partition coefficient (Wildman–Crippen LogP) is 11.0. The van der Waals surface area contributed by atoms with E-state index >= 15 is 9.59 Å². The number of carbonyl (C=O) groups is 2. The summed E-state index contributed by atoms with van der Waals surface area (Å²) in [5, 5.41) is 23.0. The molecule has 5 aromatic carbocycles. The van der Waals surface area contributed by atoms with Crippen LogP contribution in [0.2, 0.25) is 0 Å². The molecule has 5 saturated heterocycles. The number of nitrogens with zero attached hydrogens (tertiary/aromatic N) is 3. The van der Waals surface area contributed by atoms with Crippen LogP contribution in [0.1, 0.15) is 61.1 Å². The number of imide groups is 1. The van der Waals surface area contributed by atoms with Crippen LogP contribution in [0, 0.1) is 115 Å². The van der Waals surface area contributed by atoms with E-state index in [2.05, 4.69) is 91.9 Å². The van der Waals surface area contributed by atoms with Gasteiger partial charge in [-0.25, -0.2) is 4.90 Å². The minimum atomic E-state index is -1.39. The number of aryl methyl sites for hydroxylation is 1. The quantitative estimate of drug-likeness (QED) is 0.0449. The fourth-order valence-corrected chi connectivity index (χ4v) is 24.5. The minimum Gasteiger partial charge on any atom is -0.496 e. The molecule has 0 radical (unpaired) electrons. The Kier molecular flexibility index (Phi) is 11.4. The van der Waals surface area contributed by atoms with Crippen LogP contribution < -0.4 is 14.4 Å². The maximum atomic E-state index is 17.2. The molecule has 12 aliphatic rings. The fraction of sp³-hybridized carbons (Fsp3) is 0.528. The molecule has 2 amide bonds. The highest BCUT2D eigenvalue weighted by molar-refractivity contribution is 6.27. The Bertz CT molecular complexity index is 3590. The Balaban J connectivity index is 0.926. The van der Waals surface area contributed by atoms with Crippen molar-refractivity contribution in [1.29, 1.82) is 10.5 Å². The normalized spacial score (nSPS) is 41.4. The highest BCUT2D eigenvalue weighted by atomic mass is 16.6. The summed E-state index contributed by atoms with van der Waals surface area (Å²) in [4.78, 5) is 36.1. The van der Waals surface area contributed by atoms with E-state index < -0.39 is 46.1 Å². The fourth-order valence-electron chi connectivity index (χ4n) is 24.5. The maximum Gasteiger partial charge on any atom is 0.246 e. The van der Waals surface area contributed by atoms with Crippen LogP contribution >= 0.6 is 0 Å². The Morgan fingerprint density at radius 1 is 0.576 bits per heavy atom. The number of rotatable bonds is 14. The van der Waals surface area contributed by atoms with E-state index in [1.165, 1.54) is 11.1 Å². The van der Waals surface area contributed by atoms with Crippen molar-refractivity contribution in [2.75, 3.05) is 74.0 Å². The van der Waals surface area contributed by atoms with E-state index in [9.17, 15) is 10.5 Å². The molecule has 13 nitrogen and oxygen atoms in total. The maximum absolute atomic E-state index is 17.2. The van der Waals surface area contributed by atoms with Crippen molar-refractivity contribution < 1.29 is 47.5 Å². The van der Waals surface area contributed by atoms with Gasteiger partial charge in [0.05, 0.1) is 57.5 Å². The van der Waals surface area contributed by atoms with Gasteiger partial charge in [-0.3, -0.25) is 9.59 Å². The molecule has 10 bridgehead atoms. The summed E-state index contributed by atoms with van der Waals surface area (Å²) in [5.41, 5.74) is 5.94. The van der Waals surface area contributed by atoms with Gasteiger partial charge in [0, 0.05) is 75.1 Å². The molecule has 13 heteroatoms. The second kappa shape index (κ2) is 18.3. The van der Waals surface area contributed by atoms with Crippen LogP contribution in [-0.2, 0) is 44.4 Å². The molecule has 22 unspecified atom stereocenters. The molecule has 0 spiro atoms. The van der Waals surface area contributed by atoms with Crippen LogP contribution in [0.15, 0.2) is 108 Å². The van der Waals surface area contributed by atoms with E-state index in [4.69, 9.17) is 37.9 Å². The number of fused-ring (bicyclic) bond motifs is 30. The zero-order valence-corrected chi connectivity index (χ0v) is 49.4. The number of carbonyl (C=O) groups excluding carboxylic acids is 2. The largest absolute Gasteiger partial charge is 0.496 e. The first-order chi connectivity index (χ1) is 41.6. The molecule has 5 heterocycles. The summed E-state index contributed by atoms with van der Waals surface area (Å²) in [6.07, 6.45) is 1.76. The molecule has 436 valence electrons. The predicted molar refractivity (Wildman–Crippen MR) is 315 cm³/mol. The van der Waals surface area contributed by atoms with E-state index in [0.717, 1.165) is 87.8 Å². The van der Waals surface area contributed by atoms with Crippen LogP contribution in [0.5, 0.6) is 11.5 Å². The molecule has 7 aliphatic carbocycles. The number of amides is 2. The highest BCUT2D eigenvalue weighted by Gasteiger charge is 3.02. The average molecular weight is 1140 g/mol. The van der Waals surface area contributed by atoms with Gasteiger partial charge < -0.3 is 37.9 Å². The van der Waals surface area contributed by atoms with Crippen molar-refractivity contribution in [3.63, 3.8) is 0 Å². The lowest BCUT2D eigenvalue weighted by Gasteiger charge is -2.74. The lowest BCUT2D eigenvalue weighted by atomic mass is 9.26. The molecule has 0 N–H and O–H groups in total. The Morgan fingerprint density at radius 2 is 1.04 bits per heavy atom. The monoisotopic (exact) mass is 1140 g/mol. The minimum absolute atomic E-state index is 0.0398. The number of hydrogen-bond acceptors (Lipinski definition) is 12. The zero-order chi connectivity index (χ0) is 58.0. The molecule has 6 saturated carbocycles. The van der Waals surface area contributed by atoms with Gasteiger partial charge in [-0.15, -0.1) is 0 Å².